The standard InChI is InChI=1S/C9H14NS/c1-7(2)10-9-5-3-4-8(9)6-11-10/h6-7H,3-5H2,1-2H3/q+1. The molecule has 0 N–H and O–H groups in total. The molecule has 1 heterocycles. The van der Waals surface area contributed by atoms with E-state index in [1.54, 1.807) is 11.3 Å². The van der Waals surface area contributed by atoms with E-state index >= 15 is 0 Å². The Labute approximate surface area is 71.8 Å². The van der Waals surface area contributed by atoms with Gasteiger partial charge in [0.15, 0.2) is 11.7 Å². The number of nitrogens with zero attached hydrogens (tertiary/aromatic N) is 1. The van der Waals surface area contributed by atoms with Crippen molar-refractivity contribution in [1.82, 2.24) is 0 Å². The molecule has 1 aromatic rings. The van der Waals surface area contributed by atoms with Crippen LogP contribution in [-0.2, 0) is 12.8 Å². The molecule has 0 radical (unpaired) electrons. The highest BCUT2D eigenvalue weighted by molar-refractivity contribution is 6.99. The van der Waals surface area contributed by atoms with E-state index in [1.807, 2.05) is 11.5 Å². The summed E-state index contributed by atoms with van der Waals surface area (Å²) in [5, 5.41) is 2.32. The first-order valence-electron chi connectivity index (χ1n) is 4.30. The summed E-state index contributed by atoms with van der Waals surface area (Å²) in [5.41, 5.74) is 3.20. The van der Waals surface area contributed by atoms with Crippen LogP contribution in [0.2, 0.25) is 0 Å². The molecule has 0 fully saturated rings. The highest BCUT2D eigenvalue weighted by atomic mass is 32.1. The Hall–Kier alpha value is -0.370. The molecule has 0 unspecified atom stereocenters. The van der Waals surface area contributed by atoms with Crippen molar-refractivity contribution in [3.05, 3.63) is 16.6 Å². The molecule has 2 rings (SSSR count). The molecule has 0 amide bonds. The van der Waals surface area contributed by atoms with E-state index in [0.717, 1.165) is 0 Å². The van der Waals surface area contributed by atoms with Gasteiger partial charge in [-0.15, -0.1) is 3.96 Å². The Morgan fingerprint density at radius 3 is 3.00 bits per heavy atom. The third-order valence-electron chi connectivity index (χ3n) is 2.27. The molecule has 1 aliphatic carbocycles. The van der Waals surface area contributed by atoms with Gasteiger partial charge in [-0.25, -0.2) is 0 Å². The Morgan fingerprint density at radius 2 is 2.27 bits per heavy atom. The largest absolute Gasteiger partial charge is 0.199 e. The van der Waals surface area contributed by atoms with Crippen LogP contribution in [0.3, 0.4) is 0 Å². The normalized spacial score (nSPS) is 15.9. The van der Waals surface area contributed by atoms with Crippen molar-refractivity contribution in [3.8, 4) is 0 Å². The Bertz CT molecular complexity index is 263. The van der Waals surface area contributed by atoms with Gasteiger partial charge < -0.3 is 0 Å². The zero-order chi connectivity index (χ0) is 7.84. The Balaban J connectivity index is 2.42. The number of rotatable bonds is 1. The third kappa shape index (κ3) is 1.09. The monoisotopic (exact) mass is 168 g/mol. The second-order valence-electron chi connectivity index (χ2n) is 3.47. The van der Waals surface area contributed by atoms with Gasteiger partial charge >= 0.3 is 0 Å². The van der Waals surface area contributed by atoms with E-state index in [4.69, 9.17) is 0 Å². The molecule has 0 spiro atoms. The van der Waals surface area contributed by atoms with Gasteiger partial charge in [0.2, 0.25) is 0 Å². The van der Waals surface area contributed by atoms with Gasteiger partial charge in [-0.05, 0) is 26.7 Å². The Kier molecular flexibility index (Phi) is 1.72. The Morgan fingerprint density at radius 1 is 1.45 bits per heavy atom. The first-order chi connectivity index (χ1) is 5.29. The second kappa shape index (κ2) is 2.59. The molecule has 0 saturated carbocycles. The first kappa shape index (κ1) is 7.29. The average Bonchev–Trinajstić information content (AvgIpc) is 2.41. The summed E-state index contributed by atoms with van der Waals surface area (Å²) in [6.07, 6.45) is 3.98. The number of hydrogen-bond donors (Lipinski definition) is 0. The van der Waals surface area contributed by atoms with Crippen molar-refractivity contribution in [1.29, 1.82) is 0 Å². The number of aryl methyl sites for hydroxylation is 1. The number of fused-ring (bicyclic) bond motifs is 1. The maximum absolute atomic E-state index is 2.45. The number of aromatic nitrogens is 1. The van der Waals surface area contributed by atoms with Crippen molar-refractivity contribution in [2.75, 3.05) is 0 Å². The molecule has 0 saturated heterocycles. The molecule has 0 atom stereocenters. The van der Waals surface area contributed by atoms with Gasteiger partial charge in [-0.3, -0.25) is 0 Å². The van der Waals surface area contributed by atoms with Crippen molar-refractivity contribution in [2.24, 2.45) is 0 Å². The van der Waals surface area contributed by atoms with Crippen LogP contribution in [0, 0.1) is 0 Å². The topological polar surface area (TPSA) is 3.88 Å². The fraction of sp³-hybridized carbons (Fsp3) is 0.667. The summed E-state index contributed by atoms with van der Waals surface area (Å²) in [5.74, 6) is 0. The SMILES string of the molecule is CC(C)[n+]1scc2c1CCC2. The molecule has 11 heavy (non-hydrogen) atoms. The molecule has 0 bridgehead atoms. The molecule has 60 valence electrons. The van der Waals surface area contributed by atoms with Gasteiger partial charge in [0.25, 0.3) is 0 Å². The first-order valence-corrected chi connectivity index (χ1v) is 5.14. The fourth-order valence-electron chi connectivity index (χ4n) is 1.75. The van der Waals surface area contributed by atoms with E-state index in [2.05, 4.69) is 23.2 Å². The summed E-state index contributed by atoms with van der Waals surface area (Å²) in [7, 11) is 0. The summed E-state index contributed by atoms with van der Waals surface area (Å²) >= 11 is 1.88. The molecule has 1 nitrogen and oxygen atoms in total. The molecule has 2 heteroatoms. The van der Waals surface area contributed by atoms with Crippen LogP contribution in [0.1, 0.15) is 37.6 Å². The van der Waals surface area contributed by atoms with E-state index in [0.29, 0.717) is 6.04 Å². The van der Waals surface area contributed by atoms with E-state index in [-0.39, 0.29) is 0 Å². The van der Waals surface area contributed by atoms with Crippen LogP contribution in [-0.4, -0.2) is 0 Å². The highest BCUT2D eigenvalue weighted by Gasteiger charge is 2.25. The van der Waals surface area contributed by atoms with Crippen LogP contribution in [0.25, 0.3) is 0 Å². The lowest BCUT2D eigenvalue weighted by molar-refractivity contribution is -0.657. The summed E-state index contributed by atoms with van der Waals surface area (Å²) in [6, 6.07) is 0.654. The molecular weight excluding hydrogens is 154 g/mol. The van der Waals surface area contributed by atoms with Crippen LogP contribution >= 0.6 is 11.5 Å². The fourth-order valence-corrected chi connectivity index (χ4v) is 2.82. The van der Waals surface area contributed by atoms with Crippen molar-refractivity contribution < 1.29 is 3.96 Å². The van der Waals surface area contributed by atoms with Crippen LogP contribution < -0.4 is 3.96 Å². The average molecular weight is 168 g/mol. The van der Waals surface area contributed by atoms with Crippen LogP contribution in [0.4, 0.5) is 0 Å². The lowest BCUT2D eigenvalue weighted by atomic mass is 10.3. The van der Waals surface area contributed by atoms with Gasteiger partial charge in [-0.1, -0.05) is 0 Å². The highest BCUT2D eigenvalue weighted by Crippen LogP contribution is 2.21. The third-order valence-corrected chi connectivity index (χ3v) is 3.53. The van der Waals surface area contributed by atoms with Gasteiger partial charge in [0, 0.05) is 12.0 Å². The van der Waals surface area contributed by atoms with Crippen molar-refractivity contribution in [3.63, 3.8) is 0 Å². The van der Waals surface area contributed by atoms with Crippen molar-refractivity contribution >= 4 is 11.5 Å². The lowest BCUT2D eigenvalue weighted by Gasteiger charge is -1.95. The minimum absolute atomic E-state index is 0.654. The van der Waals surface area contributed by atoms with Crippen LogP contribution in [0.5, 0.6) is 0 Å². The smallest absolute Gasteiger partial charge is 0.136 e. The minimum atomic E-state index is 0.654. The quantitative estimate of drug-likeness (QED) is 0.565. The maximum Gasteiger partial charge on any atom is 0.199 e. The minimum Gasteiger partial charge on any atom is -0.136 e. The zero-order valence-corrected chi connectivity index (χ0v) is 7.95. The maximum atomic E-state index is 2.45. The second-order valence-corrected chi connectivity index (χ2v) is 4.31. The predicted octanol–water partition coefficient (Wildman–Crippen LogP) is 2.11. The zero-order valence-electron chi connectivity index (χ0n) is 7.13. The van der Waals surface area contributed by atoms with Crippen LogP contribution in [0.15, 0.2) is 5.38 Å². The van der Waals surface area contributed by atoms with Crippen molar-refractivity contribution in [2.45, 2.75) is 39.2 Å². The summed E-state index contributed by atoms with van der Waals surface area (Å²) < 4.78 is 2.45. The van der Waals surface area contributed by atoms with E-state index in [9.17, 15) is 0 Å². The molecule has 1 aliphatic rings. The summed E-state index contributed by atoms with van der Waals surface area (Å²) in [6.45, 7) is 4.52. The molecule has 0 aliphatic heterocycles. The predicted molar refractivity (Wildman–Crippen MR) is 46.9 cm³/mol. The van der Waals surface area contributed by atoms with Gasteiger partial charge in [0.05, 0.1) is 5.38 Å². The van der Waals surface area contributed by atoms with E-state index < -0.39 is 0 Å². The van der Waals surface area contributed by atoms with Gasteiger partial charge in [0.1, 0.15) is 11.5 Å². The molecule has 0 aromatic carbocycles. The van der Waals surface area contributed by atoms with E-state index in [1.165, 1.54) is 19.3 Å². The summed E-state index contributed by atoms with van der Waals surface area (Å²) in [4.78, 5) is 0. The van der Waals surface area contributed by atoms with Gasteiger partial charge in [-0.2, -0.15) is 0 Å². The number of hydrogen-bond acceptors (Lipinski definition) is 1. The molecular formula is C9H14NS+. The molecule has 1 aromatic heterocycles. The lowest BCUT2D eigenvalue weighted by Crippen LogP contribution is -2.35.